The highest BCUT2D eigenvalue weighted by Crippen LogP contribution is 2.03. The molecule has 0 radical (unpaired) electrons. The lowest BCUT2D eigenvalue weighted by Gasteiger charge is -2.10. The van der Waals surface area contributed by atoms with E-state index >= 15 is 0 Å². The summed E-state index contributed by atoms with van der Waals surface area (Å²) in [4.78, 5) is 11.0. The van der Waals surface area contributed by atoms with Crippen molar-refractivity contribution in [2.75, 3.05) is 0 Å². The number of rotatable bonds is 5. The van der Waals surface area contributed by atoms with Crippen LogP contribution in [0.1, 0.15) is 40.0 Å². The molecule has 3 heteroatoms. The Balaban J connectivity index is 3.54. The zero-order valence-electron chi connectivity index (χ0n) is 8.04. The van der Waals surface area contributed by atoms with E-state index in [0.717, 1.165) is 6.42 Å². The number of carbonyl (C=O) groups is 1. The lowest BCUT2D eigenvalue weighted by molar-refractivity contribution is -0.149. The van der Waals surface area contributed by atoms with E-state index in [1.807, 2.05) is 6.92 Å². The van der Waals surface area contributed by atoms with Gasteiger partial charge in [-0.15, -0.1) is 0 Å². The number of hydrogen-bond acceptors (Lipinski definition) is 3. The third-order valence-corrected chi connectivity index (χ3v) is 1.39. The van der Waals surface area contributed by atoms with E-state index in [9.17, 15) is 9.90 Å². The second kappa shape index (κ2) is 6.00. The molecule has 0 rings (SSSR count). The molecule has 0 aliphatic heterocycles. The molecule has 0 bridgehead atoms. The minimum Gasteiger partial charge on any atom is -0.463 e. The second-order valence-electron chi connectivity index (χ2n) is 3.19. The molecule has 0 saturated carbocycles. The minimum absolute atomic E-state index is 0.0914. The SMILES string of the molecule is CCCC(O)CC(=O)OC(C)C. The van der Waals surface area contributed by atoms with Gasteiger partial charge >= 0.3 is 5.97 Å². The van der Waals surface area contributed by atoms with Crippen LogP contribution in [0.5, 0.6) is 0 Å². The van der Waals surface area contributed by atoms with Crippen molar-refractivity contribution in [2.24, 2.45) is 0 Å². The molecule has 1 unspecified atom stereocenters. The summed E-state index contributed by atoms with van der Waals surface area (Å²) in [5.41, 5.74) is 0. The fourth-order valence-corrected chi connectivity index (χ4v) is 0.939. The zero-order chi connectivity index (χ0) is 9.56. The minimum atomic E-state index is -0.541. The Hall–Kier alpha value is -0.570. The monoisotopic (exact) mass is 174 g/mol. The van der Waals surface area contributed by atoms with Gasteiger partial charge in [0.1, 0.15) is 0 Å². The molecule has 0 fully saturated rings. The number of ether oxygens (including phenoxy) is 1. The Bertz CT molecular complexity index is 132. The number of aliphatic hydroxyl groups excluding tert-OH is 1. The third kappa shape index (κ3) is 6.16. The van der Waals surface area contributed by atoms with Crippen molar-refractivity contribution in [3.63, 3.8) is 0 Å². The number of aliphatic hydroxyl groups is 1. The zero-order valence-corrected chi connectivity index (χ0v) is 8.04. The van der Waals surface area contributed by atoms with Crippen molar-refractivity contribution in [2.45, 2.75) is 52.2 Å². The molecule has 12 heavy (non-hydrogen) atoms. The van der Waals surface area contributed by atoms with Crippen LogP contribution in [0.25, 0.3) is 0 Å². The maximum atomic E-state index is 11.0. The smallest absolute Gasteiger partial charge is 0.308 e. The van der Waals surface area contributed by atoms with Crippen molar-refractivity contribution in [1.29, 1.82) is 0 Å². The van der Waals surface area contributed by atoms with Gasteiger partial charge in [0.2, 0.25) is 0 Å². The quantitative estimate of drug-likeness (QED) is 0.642. The Morgan fingerprint density at radius 2 is 2.08 bits per heavy atom. The summed E-state index contributed by atoms with van der Waals surface area (Å²) in [5.74, 6) is -0.314. The molecule has 0 aromatic heterocycles. The predicted molar refractivity (Wildman–Crippen MR) is 46.8 cm³/mol. The van der Waals surface area contributed by atoms with Crippen LogP contribution >= 0.6 is 0 Å². The van der Waals surface area contributed by atoms with E-state index in [1.165, 1.54) is 0 Å². The van der Waals surface area contributed by atoms with Gasteiger partial charge in [-0.2, -0.15) is 0 Å². The second-order valence-corrected chi connectivity index (χ2v) is 3.19. The molecule has 0 aromatic carbocycles. The molecule has 0 amide bonds. The Kier molecular flexibility index (Phi) is 5.72. The maximum absolute atomic E-state index is 11.0. The van der Waals surface area contributed by atoms with Crippen LogP contribution in [-0.2, 0) is 9.53 Å². The van der Waals surface area contributed by atoms with Crippen LogP contribution in [0.15, 0.2) is 0 Å². The molecule has 1 N–H and O–H groups in total. The molecule has 0 aliphatic carbocycles. The van der Waals surface area contributed by atoms with Gasteiger partial charge < -0.3 is 9.84 Å². The molecule has 0 heterocycles. The molecule has 72 valence electrons. The van der Waals surface area contributed by atoms with Crippen molar-refractivity contribution < 1.29 is 14.6 Å². The standard InChI is InChI=1S/C9H18O3/c1-4-5-8(10)6-9(11)12-7(2)3/h7-8,10H,4-6H2,1-3H3. The van der Waals surface area contributed by atoms with Crippen LogP contribution < -0.4 is 0 Å². The summed E-state index contributed by atoms with van der Waals surface area (Å²) >= 11 is 0. The third-order valence-electron chi connectivity index (χ3n) is 1.39. The summed E-state index contributed by atoms with van der Waals surface area (Å²) < 4.78 is 4.87. The van der Waals surface area contributed by atoms with E-state index in [2.05, 4.69) is 0 Å². The lowest BCUT2D eigenvalue weighted by atomic mass is 10.1. The first-order valence-electron chi connectivity index (χ1n) is 4.43. The molecular weight excluding hydrogens is 156 g/mol. The molecule has 0 spiro atoms. The van der Waals surface area contributed by atoms with E-state index in [1.54, 1.807) is 13.8 Å². The van der Waals surface area contributed by atoms with Crippen molar-refractivity contribution in [1.82, 2.24) is 0 Å². The van der Waals surface area contributed by atoms with E-state index in [4.69, 9.17) is 4.74 Å². The van der Waals surface area contributed by atoms with Gasteiger partial charge in [-0.1, -0.05) is 13.3 Å². The first-order valence-corrected chi connectivity index (χ1v) is 4.43. The molecule has 1 atom stereocenters. The molecule has 0 saturated heterocycles. The maximum Gasteiger partial charge on any atom is 0.308 e. The van der Waals surface area contributed by atoms with Crippen molar-refractivity contribution in [3.05, 3.63) is 0 Å². The van der Waals surface area contributed by atoms with Gasteiger partial charge in [0.15, 0.2) is 0 Å². The summed E-state index contributed by atoms with van der Waals surface area (Å²) in [6.07, 6.45) is 1.03. The normalized spacial score (nSPS) is 13.1. The number of esters is 1. The highest BCUT2D eigenvalue weighted by atomic mass is 16.5. The molecule has 0 aliphatic rings. The number of hydrogen-bond donors (Lipinski definition) is 1. The average Bonchev–Trinajstić information content (AvgIpc) is 1.84. The van der Waals surface area contributed by atoms with Crippen LogP contribution in [0.4, 0.5) is 0 Å². The lowest BCUT2D eigenvalue weighted by Crippen LogP contribution is -2.18. The first-order chi connectivity index (χ1) is 5.56. The molecular formula is C9H18O3. The van der Waals surface area contributed by atoms with Crippen molar-refractivity contribution in [3.8, 4) is 0 Å². The van der Waals surface area contributed by atoms with Crippen LogP contribution in [0.2, 0.25) is 0 Å². The topological polar surface area (TPSA) is 46.5 Å². The largest absolute Gasteiger partial charge is 0.463 e. The Labute approximate surface area is 73.7 Å². The van der Waals surface area contributed by atoms with Gasteiger partial charge in [-0.3, -0.25) is 4.79 Å². The summed E-state index contributed by atoms with van der Waals surface area (Å²) in [5, 5.41) is 9.23. The van der Waals surface area contributed by atoms with Crippen LogP contribution in [0, 0.1) is 0 Å². The highest BCUT2D eigenvalue weighted by molar-refractivity contribution is 5.70. The van der Waals surface area contributed by atoms with Crippen molar-refractivity contribution >= 4 is 5.97 Å². The predicted octanol–water partition coefficient (Wildman–Crippen LogP) is 1.49. The van der Waals surface area contributed by atoms with E-state index in [0.29, 0.717) is 6.42 Å². The van der Waals surface area contributed by atoms with E-state index in [-0.39, 0.29) is 18.5 Å². The summed E-state index contributed by atoms with van der Waals surface area (Å²) in [6.45, 7) is 5.56. The fourth-order valence-electron chi connectivity index (χ4n) is 0.939. The van der Waals surface area contributed by atoms with Gasteiger partial charge in [0.25, 0.3) is 0 Å². The fraction of sp³-hybridized carbons (Fsp3) is 0.889. The molecule has 3 nitrogen and oxygen atoms in total. The first kappa shape index (κ1) is 11.4. The van der Waals surface area contributed by atoms with Gasteiger partial charge in [-0.25, -0.2) is 0 Å². The Morgan fingerprint density at radius 3 is 2.50 bits per heavy atom. The van der Waals surface area contributed by atoms with Crippen LogP contribution in [-0.4, -0.2) is 23.3 Å². The van der Waals surface area contributed by atoms with E-state index < -0.39 is 6.10 Å². The van der Waals surface area contributed by atoms with Crippen LogP contribution in [0.3, 0.4) is 0 Å². The van der Waals surface area contributed by atoms with Gasteiger partial charge in [-0.05, 0) is 20.3 Å². The average molecular weight is 174 g/mol. The number of carbonyl (C=O) groups excluding carboxylic acids is 1. The summed E-state index contributed by atoms with van der Waals surface area (Å²) in [7, 11) is 0. The van der Waals surface area contributed by atoms with Gasteiger partial charge in [0.05, 0.1) is 18.6 Å². The summed E-state index contributed by atoms with van der Waals surface area (Å²) in [6, 6.07) is 0. The van der Waals surface area contributed by atoms with Gasteiger partial charge in [0, 0.05) is 0 Å². The Morgan fingerprint density at radius 1 is 1.50 bits per heavy atom. The molecule has 0 aromatic rings. The highest BCUT2D eigenvalue weighted by Gasteiger charge is 2.11.